The molecule has 2 aromatic heterocycles. The summed E-state index contributed by atoms with van der Waals surface area (Å²) in [5, 5.41) is 6.67. The molecule has 2 aliphatic rings. The number of pyridine rings is 1. The Morgan fingerprint density at radius 3 is 2.94 bits per heavy atom. The number of amides is 1. The third kappa shape index (κ3) is 4.53. The van der Waals surface area contributed by atoms with E-state index in [9.17, 15) is 9.18 Å². The highest BCUT2D eigenvalue weighted by Crippen LogP contribution is 2.44. The van der Waals surface area contributed by atoms with Gasteiger partial charge in [0.05, 0.1) is 53.7 Å². The molecule has 35 heavy (non-hydrogen) atoms. The number of fused-ring (bicyclic) bond motifs is 1. The van der Waals surface area contributed by atoms with Crippen LogP contribution >= 0.6 is 11.6 Å². The van der Waals surface area contributed by atoms with Crippen LogP contribution in [0.25, 0.3) is 11.3 Å². The molecule has 1 saturated heterocycles. The first kappa shape index (κ1) is 23.4. The van der Waals surface area contributed by atoms with Crippen LogP contribution in [0.1, 0.15) is 34.8 Å². The summed E-state index contributed by atoms with van der Waals surface area (Å²) in [4.78, 5) is 20.7. The molecule has 184 valence electrons. The van der Waals surface area contributed by atoms with Crippen molar-refractivity contribution in [3.8, 4) is 22.8 Å². The lowest BCUT2D eigenvalue weighted by atomic mass is 9.94. The van der Waals surface area contributed by atoms with Crippen LogP contribution in [0.4, 0.5) is 15.8 Å². The van der Waals surface area contributed by atoms with Gasteiger partial charge in [-0.2, -0.15) is 0 Å². The van der Waals surface area contributed by atoms with Gasteiger partial charge in [-0.25, -0.2) is 0 Å². The molecule has 3 aromatic rings. The Hall–Kier alpha value is -3.30. The van der Waals surface area contributed by atoms with Gasteiger partial charge in [-0.15, -0.1) is 0 Å². The first-order valence-electron chi connectivity index (χ1n) is 11.5. The Bertz CT molecular complexity index is 1230. The summed E-state index contributed by atoms with van der Waals surface area (Å²) in [5.74, 6) is 0.545. The van der Waals surface area contributed by atoms with E-state index in [2.05, 4.69) is 20.6 Å². The molecule has 2 atom stereocenters. The molecule has 0 bridgehead atoms. The van der Waals surface area contributed by atoms with Gasteiger partial charge in [-0.1, -0.05) is 17.7 Å². The van der Waals surface area contributed by atoms with Gasteiger partial charge in [-0.05, 0) is 24.6 Å². The lowest BCUT2D eigenvalue weighted by molar-refractivity contribution is -0.0720. The summed E-state index contributed by atoms with van der Waals surface area (Å²) in [6.07, 6.45) is 4.57. The van der Waals surface area contributed by atoms with E-state index < -0.39 is 6.67 Å². The van der Waals surface area contributed by atoms with Crippen LogP contribution in [0.3, 0.4) is 0 Å². The van der Waals surface area contributed by atoms with Crippen molar-refractivity contribution in [2.45, 2.75) is 24.9 Å². The van der Waals surface area contributed by atoms with Gasteiger partial charge >= 0.3 is 0 Å². The molecule has 4 heterocycles. The number of ether oxygens (including phenoxy) is 3. The Morgan fingerprint density at radius 1 is 1.34 bits per heavy atom. The third-order valence-corrected chi connectivity index (χ3v) is 6.63. The first-order valence-corrected chi connectivity index (χ1v) is 11.9. The Labute approximate surface area is 207 Å². The summed E-state index contributed by atoms with van der Waals surface area (Å²) < 4.78 is 30.4. The molecule has 0 aliphatic carbocycles. The first-order chi connectivity index (χ1) is 17.1. The predicted octanol–water partition coefficient (Wildman–Crippen LogP) is 4.84. The molecule has 1 aromatic carbocycles. The number of anilines is 2. The summed E-state index contributed by atoms with van der Waals surface area (Å²) in [6, 6.07) is 7.14. The number of alkyl halides is 1. The van der Waals surface area contributed by atoms with E-state index in [0.29, 0.717) is 63.6 Å². The van der Waals surface area contributed by atoms with E-state index in [-0.39, 0.29) is 24.3 Å². The third-order valence-electron chi connectivity index (χ3n) is 6.33. The van der Waals surface area contributed by atoms with Crippen molar-refractivity contribution in [2.24, 2.45) is 0 Å². The number of carbonyl (C=O) groups is 1. The minimum atomic E-state index is -0.496. The van der Waals surface area contributed by atoms with E-state index >= 15 is 0 Å². The average molecular weight is 501 g/mol. The van der Waals surface area contributed by atoms with Crippen LogP contribution in [0.5, 0.6) is 11.5 Å². The van der Waals surface area contributed by atoms with Crippen LogP contribution < -0.4 is 20.1 Å². The zero-order valence-electron chi connectivity index (χ0n) is 19.2. The summed E-state index contributed by atoms with van der Waals surface area (Å²) in [7, 11) is 1.53. The Morgan fingerprint density at radius 2 is 2.20 bits per heavy atom. The molecule has 3 N–H and O–H groups in total. The zero-order valence-corrected chi connectivity index (χ0v) is 20.0. The molecule has 10 heteroatoms. The van der Waals surface area contributed by atoms with Crippen molar-refractivity contribution in [3.05, 3.63) is 52.9 Å². The summed E-state index contributed by atoms with van der Waals surface area (Å²) >= 11 is 6.34. The van der Waals surface area contributed by atoms with Gasteiger partial charge in [-0.3, -0.25) is 14.2 Å². The standard InChI is InChI=1S/C25H26ClFN4O4/c1-33-24-17(26)3-2-4-18(24)30-23-20-21(14(5-8-27)11-29-25(20)32)31-22(23)16-6-9-28-12-19(16)35-13-15-7-10-34-15/h2-4,6,9,12,14-15,30-31H,5,7-8,10-11,13H2,1H3,(H,29,32). The maximum atomic E-state index is 13.4. The molecular formula is C25H26ClFN4O4. The number of hydrogen-bond acceptors (Lipinski definition) is 6. The smallest absolute Gasteiger partial charge is 0.255 e. The van der Waals surface area contributed by atoms with E-state index in [1.807, 2.05) is 12.1 Å². The number of aromatic amines is 1. The summed E-state index contributed by atoms with van der Waals surface area (Å²) in [5.41, 5.74) is 3.56. The number of rotatable bonds is 9. The second-order valence-electron chi connectivity index (χ2n) is 8.46. The van der Waals surface area contributed by atoms with Gasteiger partial charge < -0.3 is 29.8 Å². The number of hydrogen-bond donors (Lipinski definition) is 3. The van der Waals surface area contributed by atoms with Gasteiger partial charge in [0.2, 0.25) is 0 Å². The number of nitrogens with zero attached hydrogens (tertiary/aromatic N) is 1. The van der Waals surface area contributed by atoms with E-state index in [4.69, 9.17) is 25.8 Å². The Kier molecular flexibility index (Phi) is 6.79. The number of aromatic nitrogens is 2. The minimum absolute atomic E-state index is 0.0490. The summed E-state index contributed by atoms with van der Waals surface area (Å²) in [6.45, 7) is 0.991. The molecular weight excluding hydrogens is 475 g/mol. The molecule has 2 aliphatic heterocycles. The molecule has 2 unspecified atom stereocenters. The van der Waals surface area contributed by atoms with Crippen LogP contribution in [0.15, 0.2) is 36.7 Å². The van der Waals surface area contributed by atoms with Crippen LogP contribution in [0.2, 0.25) is 5.02 Å². The van der Waals surface area contributed by atoms with Crippen molar-refractivity contribution >= 4 is 28.9 Å². The average Bonchev–Trinajstić information content (AvgIpc) is 3.20. The van der Waals surface area contributed by atoms with Crippen molar-refractivity contribution in [1.29, 1.82) is 0 Å². The second kappa shape index (κ2) is 10.1. The molecule has 1 fully saturated rings. The monoisotopic (exact) mass is 500 g/mol. The highest BCUT2D eigenvalue weighted by Gasteiger charge is 2.33. The maximum Gasteiger partial charge on any atom is 0.255 e. The van der Waals surface area contributed by atoms with Gasteiger partial charge in [0.15, 0.2) is 5.75 Å². The molecule has 5 rings (SSSR count). The van der Waals surface area contributed by atoms with Crippen molar-refractivity contribution in [1.82, 2.24) is 15.3 Å². The van der Waals surface area contributed by atoms with E-state index in [1.54, 1.807) is 24.5 Å². The SMILES string of the molecule is COc1c(Cl)cccc1Nc1c(-c2ccncc2OCC2CCO2)[nH]c2c1C(=O)NCC2CCF. The fourth-order valence-electron chi connectivity index (χ4n) is 4.42. The van der Waals surface area contributed by atoms with Crippen LogP contribution in [-0.2, 0) is 4.74 Å². The van der Waals surface area contributed by atoms with Crippen molar-refractivity contribution in [3.63, 3.8) is 0 Å². The van der Waals surface area contributed by atoms with Gasteiger partial charge in [0.1, 0.15) is 12.4 Å². The number of para-hydroxylation sites is 1. The number of halogens is 2. The van der Waals surface area contributed by atoms with Crippen molar-refractivity contribution in [2.75, 3.05) is 38.9 Å². The highest BCUT2D eigenvalue weighted by molar-refractivity contribution is 6.32. The highest BCUT2D eigenvalue weighted by atomic mass is 35.5. The fraction of sp³-hybridized carbons (Fsp3) is 0.360. The van der Waals surface area contributed by atoms with Crippen molar-refractivity contribution < 1.29 is 23.4 Å². The number of nitrogens with one attached hydrogen (secondary N) is 3. The molecule has 1 amide bonds. The van der Waals surface area contributed by atoms with Crippen LogP contribution in [-0.4, -0.2) is 55.5 Å². The number of carbonyl (C=O) groups excluding carboxylic acids is 1. The van der Waals surface area contributed by atoms with Gasteiger partial charge in [0, 0.05) is 42.9 Å². The lowest BCUT2D eigenvalue weighted by Crippen LogP contribution is -2.35. The fourth-order valence-corrected chi connectivity index (χ4v) is 4.67. The number of methoxy groups -OCH3 is 1. The maximum absolute atomic E-state index is 13.4. The van der Waals surface area contributed by atoms with Crippen LogP contribution in [0, 0.1) is 0 Å². The number of benzene rings is 1. The normalized spacial score (nSPS) is 18.9. The molecule has 8 nitrogen and oxygen atoms in total. The quantitative estimate of drug-likeness (QED) is 0.389. The molecule has 0 saturated carbocycles. The minimum Gasteiger partial charge on any atom is -0.493 e. The number of H-pyrrole nitrogens is 1. The molecule has 0 radical (unpaired) electrons. The largest absolute Gasteiger partial charge is 0.493 e. The van der Waals surface area contributed by atoms with E-state index in [0.717, 1.165) is 13.0 Å². The molecule has 0 spiro atoms. The topological polar surface area (TPSA) is 97.5 Å². The predicted molar refractivity (Wildman–Crippen MR) is 131 cm³/mol. The lowest BCUT2D eigenvalue weighted by Gasteiger charge is -2.26. The zero-order chi connectivity index (χ0) is 24.4. The van der Waals surface area contributed by atoms with Gasteiger partial charge in [0.25, 0.3) is 5.91 Å². The van der Waals surface area contributed by atoms with E-state index in [1.165, 1.54) is 7.11 Å². The Balaban J connectivity index is 1.63. The second-order valence-corrected chi connectivity index (χ2v) is 8.87.